The Labute approximate surface area is 47.1 Å². The van der Waals surface area contributed by atoms with Crippen LogP contribution in [0, 0.1) is 0 Å². The van der Waals surface area contributed by atoms with Crippen LogP contribution in [-0.4, -0.2) is 31.1 Å². The number of morpholine rings is 1. The Morgan fingerprint density at radius 1 is 1.62 bits per heavy atom. The molecule has 1 heterocycles. The van der Waals surface area contributed by atoms with Crippen LogP contribution >= 0.6 is 0 Å². The molecule has 0 aromatic rings. The molecule has 0 spiro atoms. The first-order valence-electron chi connectivity index (χ1n) is 2.24. The van der Waals surface area contributed by atoms with Crippen molar-refractivity contribution in [3.63, 3.8) is 0 Å². The van der Waals surface area contributed by atoms with Gasteiger partial charge in [0.1, 0.15) is 6.61 Å². The van der Waals surface area contributed by atoms with Crippen LogP contribution in [0.3, 0.4) is 0 Å². The first kappa shape index (κ1) is 7.39. The molecule has 0 aromatic carbocycles. The molecule has 8 heavy (non-hydrogen) atoms. The first-order valence-corrected chi connectivity index (χ1v) is 2.24. The average molecular weight is 119 g/mol. The molecule has 0 bridgehead atoms. The zero-order valence-corrected chi connectivity index (χ0v) is 4.44. The van der Waals surface area contributed by atoms with Crippen molar-refractivity contribution in [2.24, 2.45) is 0 Å². The van der Waals surface area contributed by atoms with Crippen LogP contribution in [0.4, 0.5) is 0 Å². The van der Waals surface area contributed by atoms with E-state index in [1.807, 2.05) is 0 Å². The van der Waals surface area contributed by atoms with Gasteiger partial charge in [0.2, 0.25) is 5.91 Å². The van der Waals surface area contributed by atoms with Gasteiger partial charge < -0.3 is 15.5 Å². The number of nitrogens with one attached hydrogen (secondary N) is 1. The molecular weight excluding hydrogens is 110 g/mol. The van der Waals surface area contributed by atoms with E-state index in [2.05, 4.69) is 5.32 Å². The SMILES string of the molecule is O.O=C1COCCN1. The zero-order chi connectivity index (χ0) is 5.11. The molecule has 1 aliphatic rings. The van der Waals surface area contributed by atoms with Gasteiger partial charge in [-0.25, -0.2) is 0 Å². The maximum absolute atomic E-state index is 10.2. The molecule has 0 radical (unpaired) electrons. The number of amides is 1. The normalized spacial score (nSPS) is 18.8. The predicted molar refractivity (Wildman–Crippen MR) is 27.4 cm³/mol. The molecule has 1 amide bonds. The van der Waals surface area contributed by atoms with Gasteiger partial charge in [-0.3, -0.25) is 4.79 Å². The van der Waals surface area contributed by atoms with Crippen molar-refractivity contribution < 1.29 is 15.0 Å². The second-order valence-electron chi connectivity index (χ2n) is 1.40. The molecule has 0 unspecified atom stereocenters. The fraction of sp³-hybridized carbons (Fsp3) is 0.750. The molecule has 4 heteroatoms. The summed E-state index contributed by atoms with van der Waals surface area (Å²) >= 11 is 0. The monoisotopic (exact) mass is 119 g/mol. The van der Waals surface area contributed by atoms with Crippen LogP contribution in [0.25, 0.3) is 0 Å². The third kappa shape index (κ3) is 1.90. The number of hydrogen-bond acceptors (Lipinski definition) is 2. The van der Waals surface area contributed by atoms with Crippen LogP contribution in [0.2, 0.25) is 0 Å². The minimum Gasteiger partial charge on any atom is -0.412 e. The molecule has 1 fully saturated rings. The van der Waals surface area contributed by atoms with Gasteiger partial charge in [0.05, 0.1) is 6.61 Å². The van der Waals surface area contributed by atoms with Crippen LogP contribution in [0.15, 0.2) is 0 Å². The number of carbonyl (C=O) groups is 1. The minimum atomic E-state index is -0.00810. The van der Waals surface area contributed by atoms with Crippen LogP contribution in [0.5, 0.6) is 0 Å². The van der Waals surface area contributed by atoms with Gasteiger partial charge in [-0.15, -0.1) is 0 Å². The highest BCUT2D eigenvalue weighted by Crippen LogP contribution is 1.79. The second kappa shape index (κ2) is 3.40. The fourth-order valence-electron chi connectivity index (χ4n) is 0.479. The topological polar surface area (TPSA) is 69.8 Å². The molecular formula is C4H9NO3. The minimum absolute atomic E-state index is 0. The summed E-state index contributed by atoms with van der Waals surface area (Å²) in [4.78, 5) is 10.2. The Morgan fingerprint density at radius 2 is 2.38 bits per heavy atom. The van der Waals surface area contributed by atoms with Gasteiger partial charge in [-0.1, -0.05) is 0 Å². The highest BCUT2D eigenvalue weighted by atomic mass is 16.5. The molecule has 0 aliphatic carbocycles. The van der Waals surface area contributed by atoms with Crippen LogP contribution in [0.1, 0.15) is 0 Å². The Hall–Kier alpha value is -0.610. The summed E-state index contributed by atoms with van der Waals surface area (Å²) in [6, 6.07) is 0. The van der Waals surface area contributed by atoms with Crippen molar-refractivity contribution in [2.45, 2.75) is 0 Å². The van der Waals surface area contributed by atoms with Gasteiger partial charge in [0.25, 0.3) is 0 Å². The number of ether oxygens (including phenoxy) is 1. The van der Waals surface area contributed by atoms with E-state index in [4.69, 9.17) is 4.74 Å². The van der Waals surface area contributed by atoms with Crippen molar-refractivity contribution in [1.29, 1.82) is 0 Å². The maximum atomic E-state index is 10.2. The van der Waals surface area contributed by atoms with E-state index < -0.39 is 0 Å². The number of rotatable bonds is 0. The summed E-state index contributed by atoms with van der Waals surface area (Å²) < 4.78 is 4.77. The number of hydrogen-bond donors (Lipinski definition) is 1. The highest BCUT2D eigenvalue weighted by molar-refractivity contribution is 5.77. The van der Waals surface area contributed by atoms with Gasteiger partial charge in [-0.2, -0.15) is 0 Å². The standard InChI is InChI=1S/C4H7NO2.H2O/c6-4-3-7-2-1-5-4;/h1-3H2,(H,5,6);1H2. The Morgan fingerprint density at radius 3 is 2.62 bits per heavy atom. The Kier molecular flexibility index (Phi) is 3.14. The first-order chi connectivity index (χ1) is 3.39. The molecule has 1 aliphatic heterocycles. The molecule has 1 rings (SSSR count). The van der Waals surface area contributed by atoms with Crippen molar-refractivity contribution >= 4 is 5.91 Å². The maximum Gasteiger partial charge on any atom is 0.246 e. The van der Waals surface area contributed by atoms with Gasteiger partial charge in [0.15, 0.2) is 0 Å². The molecule has 3 N–H and O–H groups in total. The summed E-state index contributed by atoms with van der Waals surface area (Å²) in [6.45, 7) is 1.56. The molecule has 0 aromatic heterocycles. The number of carbonyl (C=O) groups excluding carboxylic acids is 1. The lowest BCUT2D eigenvalue weighted by molar-refractivity contribution is -0.128. The largest absolute Gasteiger partial charge is 0.412 e. The van der Waals surface area contributed by atoms with Gasteiger partial charge >= 0.3 is 0 Å². The van der Waals surface area contributed by atoms with E-state index in [1.54, 1.807) is 0 Å². The third-order valence-electron chi connectivity index (χ3n) is 0.802. The quantitative estimate of drug-likeness (QED) is 0.413. The highest BCUT2D eigenvalue weighted by Gasteiger charge is 2.04. The predicted octanol–water partition coefficient (Wildman–Crippen LogP) is -1.69. The molecule has 48 valence electrons. The van der Waals surface area contributed by atoms with Crippen LogP contribution in [-0.2, 0) is 9.53 Å². The summed E-state index contributed by atoms with van der Waals surface area (Å²) in [7, 11) is 0. The lowest BCUT2D eigenvalue weighted by atomic mass is 10.5. The van der Waals surface area contributed by atoms with E-state index in [0.717, 1.165) is 0 Å². The van der Waals surface area contributed by atoms with Crippen molar-refractivity contribution in [1.82, 2.24) is 5.32 Å². The molecule has 1 saturated heterocycles. The summed E-state index contributed by atoms with van der Waals surface area (Å²) in [5.74, 6) is -0.00810. The van der Waals surface area contributed by atoms with E-state index >= 15 is 0 Å². The second-order valence-corrected chi connectivity index (χ2v) is 1.40. The summed E-state index contributed by atoms with van der Waals surface area (Å²) in [5.41, 5.74) is 0. The molecule has 0 atom stereocenters. The van der Waals surface area contributed by atoms with E-state index in [0.29, 0.717) is 13.2 Å². The van der Waals surface area contributed by atoms with E-state index in [-0.39, 0.29) is 18.0 Å². The summed E-state index contributed by atoms with van der Waals surface area (Å²) in [6.07, 6.45) is 0. The zero-order valence-electron chi connectivity index (χ0n) is 4.44. The van der Waals surface area contributed by atoms with Crippen molar-refractivity contribution in [3.8, 4) is 0 Å². The Balaban J connectivity index is 0.000000490. The fourth-order valence-corrected chi connectivity index (χ4v) is 0.479. The van der Waals surface area contributed by atoms with Crippen LogP contribution < -0.4 is 5.32 Å². The lowest BCUT2D eigenvalue weighted by Crippen LogP contribution is -2.36. The lowest BCUT2D eigenvalue weighted by Gasteiger charge is -2.10. The smallest absolute Gasteiger partial charge is 0.246 e. The third-order valence-corrected chi connectivity index (χ3v) is 0.802. The molecule has 4 nitrogen and oxygen atoms in total. The van der Waals surface area contributed by atoms with E-state index in [1.165, 1.54) is 0 Å². The average Bonchev–Trinajstić information content (AvgIpc) is 1.69. The molecule has 0 saturated carbocycles. The van der Waals surface area contributed by atoms with Crippen molar-refractivity contribution in [2.75, 3.05) is 19.8 Å². The summed E-state index contributed by atoms with van der Waals surface area (Å²) in [5, 5.41) is 2.62. The van der Waals surface area contributed by atoms with Crippen molar-refractivity contribution in [3.05, 3.63) is 0 Å². The van der Waals surface area contributed by atoms with E-state index in [9.17, 15) is 4.79 Å². The Bertz CT molecular complexity index is 75.4. The van der Waals surface area contributed by atoms with Gasteiger partial charge in [-0.05, 0) is 0 Å². The van der Waals surface area contributed by atoms with Gasteiger partial charge in [0, 0.05) is 6.54 Å².